The number of piperidine rings is 1. The molecule has 0 spiro atoms. The van der Waals surface area contributed by atoms with E-state index in [0.29, 0.717) is 24.6 Å². The third kappa shape index (κ3) is 4.58. The predicted octanol–water partition coefficient (Wildman–Crippen LogP) is 2.26. The second kappa shape index (κ2) is 8.39. The fourth-order valence-corrected chi connectivity index (χ4v) is 2.34. The molecular formula is C13H20Cl2FN3O. The number of carbonyl (C=O) groups is 1. The highest BCUT2D eigenvalue weighted by molar-refractivity contribution is 5.93. The molecule has 2 heterocycles. The zero-order chi connectivity index (χ0) is 13.1. The Morgan fingerprint density at radius 1 is 1.40 bits per heavy atom. The average Bonchev–Trinajstić information content (AvgIpc) is 2.38. The average molecular weight is 324 g/mol. The molecule has 0 saturated carbocycles. The van der Waals surface area contributed by atoms with Crippen molar-refractivity contribution in [3.8, 4) is 0 Å². The van der Waals surface area contributed by atoms with Gasteiger partial charge in [0, 0.05) is 25.3 Å². The van der Waals surface area contributed by atoms with Crippen LogP contribution in [0.2, 0.25) is 0 Å². The molecule has 20 heavy (non-hydrogen) atoms. The Labute approximate surface area is 130 Å². The number of nitrogens with zero attached hydrogens (tertiary/aromatic N) is 2. The second-order valence-electron chi connectivity index (χ2n) is 4.88. The molecule has 1 atom stereocenters. The quantitative estimate of drug-likeness (QED) is 0.908. The molecule has 1 aliphatic rings. The van der Waals surface area contributed by atoms with Crippen molar-refractivity contribution in [2.75, 3.05) is 13.1 Å². The number of nitrogens with two attached hydrogens (primary N) is 1. The molecule has 0 radical (unpaired) electrons. The maximum absolute atomic E-state index is 13.0. The first kappa shape index (κ1) is 19.1. The monoisotopic (exact) mass is 323 g/mol. The van der Waals surface area contributed by atoms with Crippen LogP contribution in [0.4, 0.5) is 4.39 Å². The third-order valence-electron chi connectivity index (χ3n) is 3.52. The number of carbonyl (C=O) groups excluding carboxylic acids is 1. The SMILES string of the molecule is CC(N)C1CCN(C(=O)c2cncc(F)c2)CC1.Cl.Cl. The van der Waals surface area contributed by atoms with Crippen LogP contribution in [0.15, 0.2) is 18.5 Å². The molecular weight excluding hydrogens is 304 g/mol. The van der Waals surface area contributed by atoms with E-state index in [-0.39, 0.29) is 36.8 Å². The van der Waals surface area contributed by atoms with Gasteiger partial charge in [0.15, 0.2) is 0 Å². The van der Waals surface area contributed by atoms with E-state index in [1.165, 1.54) is 12.3 Å². The summed E-state index contributed by atoms with van der Waals surface area (Å²) in [4.78, 5) is 17.6. The molecule has 1 aromatic rings. The van der Waals surface area contributed by atoms with Crippen molar-refractivity contribution in [1.82, 2.24) is 9.88 Å². The largest absolute Gasteiger partial charge is 0.339 e. The van der Waals surface area contributed by atoms with Crippen LogP contribution in [0.5, 0.6) is 0 Å². The number of hydrogen-bond donors (Lipinski definition) is 1. The lowest BCUT2D eigenvalue weighted by atomic mass is 9.91. The minimum atomic E-state index is -0.480. The van der Waals surface area contributed by atoms with Gasteiger partial charge < -0.3 is 10.6 Å². The topological polar surface area (TPSA) is 59.2 Å². The van der Waals surface area contributed by atoms with Gasteiger partial charge in [-0.25, -0.2) is 4.39 Å². The van der Waals surface area contributed by atoms with Crippen molar-refractivity contribution in [1.29, 1.82) is 0 Å². The van der Waals surface area contributed by atoms with Crippen molar-refractivity contribution >= 4 is 30.7 Å². The lowest BCUT2D eigenvalue weighted by molar-refractivity contribution is 0.0680. The highest BCUT2D eigenvalue weighted by Gasteiger charge is 2.25. The van der Waals surface area contributed by atoms with Gasteiger partial charge in [0.25, 0.3) is 5.91 Å². The van der Waals surface area contributed by atoms with E-state index in [9.17, 15) is 9.18 Å². The van der Waals surface area contributed by atoms with Gasteiger partial charge in [-0.05, 0) is 31.7 Å². The number of likely N-dealkylation sites (tertiary alicyclic amines) is 1. The van der Waals surface area contributed by atoms with E-state index in [1.807, 2.05) is 6.92 Å². The van der Waals surface area contributed by atoms with Crippen molar-refractivity contribution in [2.24, 2.45) is 11.7 Å². The first-order valence-electron chi connectivity index (χ1n) is 6.23. The minimum Gasteiger partial charge on any atom is -0.339 e. The molecule has 0 aromatic carbocycles. The number of pyridine rings is 1. The van der Waals surface area contributed by atoms with Crippen molar-refractivity contribution < 1.29 is 9.18 Å². The Morgan fingerprint density at radius 3 is 2.50 bits per heavy atom. The van der Waals surface area contributed by atoms with Gasteiger partial charge in [-0.15, -0.1) is 24.8 Å². The highest BCUT2D eigenvalue weighted by Crippen LogP contribution is 2.20. The Balaban J connectivity index is 0.00000180. The van der Waals surface area contributed by atoms with Gasteiger partial charge in [0.05, 0.1) is 11.8 Å². The molecule has 1 amide bonds. The maximum Gasteiger partial charge on any atom is 0.255 e. The van der Waals surface area contributed by atoms with E-state index in [0.717, 1.165) is 19.0 Å². The third-order valence-corrected chi connectivity index (χ3v) is 3.52. The van der Waals surface area contributed by atoms with E-state index in [2.05, 4.69) is 4.98 Å². The first-order chi connectivity index (χ1) is 8.58. The molecule has 0 bridgehead atoms. The van der Waals surface area contributed by atoms with Gasteiger partial charge in [-0.3, -0.25) is 9.78 Å². The number of aromatic nitrogens is 1. The summed E-state index contributed by atoms with van der Waals surface area (Å²) >= 11 is 0. The zero-order valence-corrected chi connectivity index (χ0v) is 12.9. The van der Waals surface area contributed by atoms with Crippen LogP contribution in [0, 0.1) is 11.7 Å². The summed E-state index contributed by atoms with van der Waals surface area (Å²) in [6.45, 7) is 3.36. The molecule has 1 aromatic heterocycles. The Hall–Kier alpha value is -0.910. The summed E-state index contributed by atoms with van der Waals surface area (Å²) in [6, 6.07) is 1.39. The zero-order valence-electron chi connectivity index (χ0n) is 11.3. The molecule has 1 saturated heterocycles. The number of rotatable bonds is 2. The van der Waals surface area contributed by atoms with Crippen molar-refractivity contribution in [2.45, 2.75) is 25.8 Å². The summed E-state index contributed by atoms with van der Waals surface area (Å²) in [7, 11) is 0. The van der Waals surface area contributed by atoms with E-state index in [4.69, 9.17) is 5.73 Å². The standard InChI is InChI=1S/C13H18FN3O.2ClH/c1-9(15)10-2-4-17(5-3-10)13(18)11-6-12(14)8-16-7-11;;/h6-10H,2-5,15H2,1H3;2*1H. The Kier molecular flexibility index (Phi) is 8.01. The predicted molar refractivity (Wildman–Crippen MR) is 81.0 cm³/mol. The number of halogens is 3. The van der Waals surface area contributed by atoms with Crippen LogP contribution in [0.25, 0.3) is 0 Å². The molecule has 2 rings (SSSR count). The van der Waals surface area contributed by atoms with Crippen molar-refractivity contribution in [3.63, 3.8) is 0 Å². The normalized spacial score (nSPS) is 16.9. The molecule has 1 fully saturated rings. The maximum atomic E-state index is 13.0. The number of amides is 1. The van der Waals surface area contributed by atoms with Gasteiger partial charge in [-0.2, -0.15) is 0 Å². The van der Waals surface area contributed by atoms with Crippen LogP contribution in [0.3, 0.4) is 0 Å². The van der Waals surface area contributed by atoms with Crippen LogP contribution >= 0.6 is 24.8 Å². The molecule has 7 heteroatoms. The van der Waals surface area contributed by atoms with E-state index >= 15 is 0 Å². The van der Waals surface area contributed by atoms with Gasteiger partial charge >= 0.3 is 0 Å². The summed E-state index contributed by atoms with van der Waals surface area (Å²) in [6.07, 6.45) is 4.32. The minimum absolute atomic E-state index is 0. The lowest BCUT2D eigenvalue weighted by Gasteiger charge is -2.33. The lowest BCUT2D eigenvalue weighted by Crippen LogP contribution is -2.42. The van der Waals surface area contributed by atoms with Gasteiger partial charge in [0.2, 0.25) is 0 Å². The first-order valence-corrected chi connectivity index (χ1v) is 6.23. The summed E-state index contributed by atoms with van der Waals surface area (Å²) in [5.41, 5.74) is 6.17. The number of hydrogen-bond acceptors (Lipinski definition) is 3. The Bertz CT molecular complexity index is 437. The van der Waals surface area contributed by atoms with E-state index < -0.39 is 5.82 Å². The molecule has 0 aliphatic carbocycles. The van der Waals surface area contributed by atoms with Crippen LogP contribution < -0.4 is 5.73 Å². The summed E-state index contributed by atoms with van der Waals surface area (Å²) in [5, 5.41) is 0. The van der Waals surface area contributed by atoms with Crippen LogP contribution in [-0.4, -0.2) is 34.9 Å². The van der Waals surface area contributed by atoms with E-state index in [1.54, 1.807) is 4.90 Å². The second-order valence-corrected chi connectivity index (χ2v) is 4.88. The highest BCUT2D eigenvalue weighted by atomic mass is 35.5. The molecule has 1 unspecified atom stereocenters. The fraction of sp³-hybridized carbons (Fsp3) is 0.538. The molecule has 1 aliphatic heterocycles. The van der Waals surface area contributed by atoms with Crippen LogP contribution in [-0.2, 0) is 0 Å². The molecule has 2 N–H and O–H groups in total. The smallest absolute Gasteiger partial charge is 0.255 e. The fourth-order valence-electron chi connectivity index (χ4n) is 2.34. The van der Waals surface area contributed by atoms with Crippen LogP contribution in [0.1, 0.15) is 30.1 Å². The summed E-state index contributed by atoms with van der Waals surface area (Å²) < 4.78 is 13.0. The molecule has 4 nitrogen and oxygen atoms in total. The Morgan fingerprint density at radius 2 is 2.00 bits per heavy atom. The van der Waals surface area contributed by atoms with Crippen molar-refractivity contribution in [3.05, 3.63) is 29.8 Å². The molecule has 114 valence electrons. The van der Waals surface area contributed by atoms with Gasteiger partial charge in [-0.1, -0.05) is 0 Å². The van der Waals surface area contributed by atoms with Gasteiger partial charge in [0.1, 0.15) is 5.82 Å². The summed E-state index contributed by atoms with van der Waals surface area (Å²) in [5.74, 6) is -0.156.